The van der Waals surface area contributed by atoms with Gasteiger partial charge in [0.25, 0.3) is 0 Å². The summed E-state index contributed by atoms with van der Waals surface area (Å²) >= 11 is 1.25. The Morgan fingerprint density at radius 2 is 2.00 bits per heavy atom. The van der Waals surface area contributed by atoms with Gasteiger partial charge in [-0.3, -0.25) is 5.32 Å². The number of thioether (sulfide) groups is 1. The van der Waals surface area contributed by atoms with Crippen LogP contribution in [0.25, 0.3) is 0 Å². The quantitative estimate of drug-likeness (QED) is 0.803. The van der Waals surface area contributed by atoms with Gasteiger partial charge >= 0.3 is 0 Å². The molecule has 0 saturated heterocycles. The summed E-state index contributed by atoms with van der Waals surface area (Å²) in [5, 5.41) is 12.5. The van der Waals surface area contributed by atoms with E-state index in [4.69, 9.17) is 0 Å². The van der Waals surface area contributed by atoms with E-state index in [9.17, 15) is 14.0 Å². The first-order chi connectivity index (χ1) is 9.25. The molecule has 0 aliphatic rings. The molecule has 0 aromatic heterocycles. The first-order valence-corrected chi connectivity index (χ1v) is 7.44. The number of hydrogen-bond acceptors (Lipinski definition) is 3. The van der Waals surface area contributed by atoms with E-state index in [0.717, 1.165) is 12.1 Å². The van der Waals surface area contributed by atoms with Gasteiger partial charge in [-0.2, -0.15) is 5.26 Å². The average Bonchev–Trinajstić information content (AvgIpc) is 2.32. The zero-order valence-electron chi connectivity index (χ0n) is 12.2. The Morgan fingerprint density at radius 1 is 1.35 bits per heavy atom. The third-order valence-corrected chi connectivity index (χ3v) is 3.91. The summed E-state index contributed by atoms with van der Waals surface area (Å²) in [4.78, 5) is 0.280. The molecule has 1 N–H and O–H groups in total. The Kier molecular flexibility index (Phi) is 5.97. The highest BCUT2D eigenvalue weighted by Gasteiger charge is 2.27. The van der Waals surface area contributed by atoms with Gasteiger partial charge in [0.15, 0.2) is 0 Å². The van der Waals surface area contributed by atoms with Crippen molar-refractivity contribution in [2.24, 2.45) is 0 Å². The summed E-state index contributed by atoms with van der Waals surface area (Å²) in [6, 6.07) is 5.86. The summed E-state index contributed by atoms with van der Waals surface area (Å²) in [5.41, 5.74) is -0.676. The van der Waals surface area contributed by atoms with E-state index >= 15 is 0 Å². The monoisotopic (exact) mass is 298 g/mol. The highest BCUT2D eigenvalue weighted by atomic mass is 32.2. The topological polar surface area (TPSA) is 35.8 Å². The molecule has 0 amide bonds. The molecule has 0 aliphatic carbocycles. The lowest BCUT2D eigenvalue weighted by Crippen LogP contribution is -2.46. The minimum absolute atomic E-state index is 0.0119. The highest BCUT2D eigenvalue weighted by Crippen LogP contribution is 2.31. The number of rotatable bonds is 6. The van der Waals surface area contributed by atoms with E-state index < -0.39 is 17.2 Å². The first-order valence-electron chi connectivity index (χ1n) is 6.56. The lowest BCUT2D eigenvalue weighted by Gasteiger charge is -2.28. The number of halogens is 2. The highest BCUT2D eigenvalue weighted by molar-refractivity contribution is 8.00. The van der Waals surface area contributed by atoms with Gasteiger partial charge < -0.3 is 0 Å². The normalized spacial score (nSPS) is 15.7. The van der Waals surface area contributed by atoms with E-state index in [1.165, 1.54) is 17.8 Å². The number of nitriles is 1. The second kappa shape index (κ2) is 7.05. The molecule has 1 aromatic carbocycles. The van der Waals surface area contributed by atoms with Crippen molar-refractivity contribution in [2.75, 3.05) is 0 Å². The van der Waals surface area contributed by atoms with Crippen molar-refractivity contribution < 1.29 is 8.78 Å². The van der Waals surface area contributed by atoms with Crippen LogP contribution in [0.15, 0.2) is 23.1 Å². The second-order valence-corrected chi connectivity index (χ2v) is 6.93. The van der Waals surface area contributed by atoms with Gasteiger partial charge in [-0.1, -0.05) is 6.92 Å². The van der Waals surface area contributed by atoms with Crippen LogP contribution in [-0.2, 0) is 0 Å². The lowest BCUT2D eigenvalue weighted by atomic mass is 9.97. The van der Waals surface area contributed by atoms with Gasteiger partial charge in [-0.15, -0.1) is 11.8 Å². The molecule has 1 aromatic rings. The smallest absolute Gasteiger partial charge is 0.136 e. The molecule has 0 fully saturated rings. The van der Waals surface area contributed by atoms with Gasteiger partial charge in [-0.05, 0) is 45.4 Å². The fourth-order valence-corrected chi connectivity index (χ4v) is 3.39. The van der Waals surface area contributed by atoms with E-state index in [2.05, 4.69) is 11.4 Å². The first kappa shape index (κ1) is 16.9. The van der Waals surface area contributed by atoms with Crippen LogP contribution in [0, 0.1) is 23.0 Å². The summed E-state index contributed by atoms with van der Waals surface area (Å²) in [5.74, 6) is -0.886. The number of nitrogens with zero attached hydrogens (tertiary/aromatic N) is 1. The molecule has 0 spiro atoms. The molecule has 0 saturated carbocycles. The van der Waals surface area contributed by atoms with Crippen molar-refractivity contribution in [2.45, 2.75) is 55.8 Å². The third kappa shape index (κ3) is 5.10. The number of nitrogens with one attached hydrogen (secondary N) is 1. The van der Waals surface area contributed by atoms with Crippen LogP contribution in [0.4, 0.5) is 8.78 Å². The minimum Gasteiger partial charge on any atom is -0.297 e. The Hall–Kier alpha value is -1.12. The Balaban J connectivity index is 2.74. The van der Waals surface area contributed by atoms with Crippen LogP contribution in [0.5, 0.6) is 0 Å². The molecule has 0 radical (unpaired) electrons. The fraction of sp³-hybridized carbons (Fsp3) is 0.533. The maximum Gasteiger partial charge on any atom is 0.136 e. The van der Waals surface area contributed by atoms with Gasteiger partial charge in [0.2, 0.25) is 0 Å². The summed E-state index contributed by atoms with van der Waals surface area (Å²) in [7, 11) is 0. The van der Waals surface area contributed by atoms with Crippen molar-refractivity contribution in [1.29, 1.82) is 5.26 Å². The van der Waals surface area contributed by atoms with E-state index in [0.29, 0.717) is 6.42 Å². The predicted octanol–water partition coefficient (Wildman–Crippen LogP) is 4.12. The van der Waals surface area contributed by atoms with Crippen molar-refractivity contribution in [3.63, 3.8) is 0 Å². The molecule has 2 unspecified atom stereocenters. The van der Waals surface area contributed by atoms with Crippen LogP contribution >= 0.6 is 11.8 Å². The Bertz CT molecular complexity index is 499. The molecular weight excluding hydrogens is 278 g/mol. The maximum absolute atomic E-state index is 13.6. The van der Waals surface area contributed by atoms with Crippen LogP contribution in [0.3, 0.4) is 0 Å². The average molecular weight is 298 g/mol. The van der Waals surface area contributed by atoms with E-state index in [-0.39, 0.29) is 16.2 Å². The molecule has 20 heavy (non-hydrogen) atoms. The molecule has 110 valence electrons. The second-order valence-electron chi connectivity index (χ2n) is 5.45. The molecule has 2 nitrogen and oxygen atoms in total. The number of benzene rings is 1. The van der Waals surface area contributed by atoms with Gasteiger partial charge in [0, 0.05) is 16.2 Å². The fourth-order valence-electron chi connectivity index (χ4n) is 2.17. The van der Waals surface area contributed by atoms with Crippen molar-refractivity contribution in [3.8, 4) is 6.07 Å². The largest absolute Gasteiger partial charge is 0.297 e. The van der Waals surface area contributed by atoms with E-state index in [1.54, 1.807) is 0 Å². The summed E-state index contributed by atoms with van der Waals surface area (Å²) in [6.07, 6.45) is 0.544. The minimum atomic E-state index is -0.676. The molecule has 0 aliphatic heterocycles. The Morgan fingerprint density at radius 3 is 2.55 bits per heavy atom. The summed E-state index contributed by atoms with van der Waals surface area (Å²) < 4.78 is 26.7. The SMILES string of the molecule is CC(C)NC(C)(C#N)CC(C)Sc1cc(F)ccc1F. The zero-order valence-corrected chi connectivity index (χ0v) is 13.0. The van der Waals surface area contributed by atoms with Crippen molar-refractivity contribution in [3.05, 3.63) is 29.8 Å². The predicted molar refractivity (Wildman–Crippen MR) is 78.6 cm³/mol. The van der Waals surface area contributed by atoms with Crippen LogP contribution in [-0.4, -0.2) is 16.8 Å². The van der Waals surface area contributed by atoms with Gasteiger partial charge in [-0.25, -0.2) is 8.78 Å². The molecule has 0 bridgehead atoms. The van der Waals surface area contributed by atoms with Crippen molar-refractivity contribution in [1.82, 2.24) is 5.32 Å². The Labute approximate surface area is 123 Å². The standard InChI is InChI=1S/C15H20F2N2S/c1-10(2)19-15(4,9-18)8-11(3)20-14-7-12(16)5-6-13(14)17/h5-7,10-11,19H,8H2,1-4H3. The summed E-state index contributed by atoms with van der Waals surface area (Å²) in [6.45, 7) is 7.68. The van der Waals surface area contributed by atoms with Gasteiger partial charge in [0.1, 0.15) is 17.2 Å². The zero-order chi connectivity index (χ0) is 15.3. The molecule has 1 rings (SSSR count). The van der Waals surface area contributed by atoms with Crippen LogP contribution < -0.4 is 5.32 Å². The maximum atomic E-state index is 13.6. The lowest BCUT2D eigenvalue weighted by molar-refractivity contribution is 0.382. The third-order valence-electron chi connectivity index (χ3n) is 2.77. The van der Waals surface area contributed by atoms with Gasteiger partial charge in [0.05, 0.1) is 6.07 Å². The molecule has 0 heterocycles. The van der Waals surface area contributed by atoms with Crippen LogP contribution in [0.1, 0.15) is 34.1 Å². The molecule has 2 atom stereocenters. The molecular formula is C15H20F2N2S. The molecule has 5 heteroatoms. The van der Waals surface area contributed by atoms with Crippen LogP contribution in [0.2, 0.25) is 0 Å². The van der Waals surface area contributed by atoms with E-state index in [1.807, 2.05) is 27.7 Å². The van der Waals surface area contributed by atoms with Crippen molar-refractivity contribution >= 4 is 11.8 Å². The number of hydrogen-bond donors (Lipinski definition) is 1.